The summed E-state index contributed by atoms with van der Waals surface area (Å²) in [5, 5.41) is 8.82. The molecule has 0 bridgehead atoms. The summed E-state index contributed by atoms with van der Waals surface area (Å²) >= 11 is 0. The maximum absolute atomic E-state index is 11.8. The second kappa shape index (κ2) is 6.36. The van der Waals surface area contributed by atoms with E-state index in [1.54, 1.807) is 7.05 Å². The van der Waals surface area contributed by atoms with E-state index in [-0.39, 0.29) is 5.91 Å². The Bertz CT molecular complexity index is 451. The van der Waals surface area contributed by atoms with Crippen molar-refractivity contribution in [3.05, 3.63) is 35.4 Å². The van der Waals surface area contributed by atoms with E-state index in [9.17, 15) is 9.59 Å². The molecule has 0 aliphatic rings. The summed E-state index contributed by atoms with van der Waals surface area (Å²) in [6, 6.07) is 8.03. The van der Waals surface area contributed by atoms with Crippen LogP contribution in [0.15, 0.2) is 24.3 Å². The van der Waals surface area contributed by atoms with Crippen molar-refractivity contribution in [1.29, 1.82) is 0 Å². The fraction of sp³-hybridized carbons (Fsp3) is 0.467. The van der Waals surface area contributed by atoms with Gasteiger partial charge < -0.3 is 10.0 Å². The van der Waals surface area contributed by atoms with Crippen molar-refractivity contribution in [1.82, 2.24) is 4.90 Å². The predicted molar refractivity (Wildman–Crippen MR) is 73.8 cm³/mol. The summed E-state index contributed by atoms with van der Waals surface area (Å²) in [5.41, 5.74) is 2.24. The van der Waals surface area contributed by atoms with Crippen LogP contribution in [0.3, 0.4) is 0 Å². The van der Waals surface area contributed by atoms with Crippen molar-refractivity contribution in [2.24, 2.45) is 5.92 Å². The number of amides is 1. The first-order valence-corrected chi connectivity index (χ1v) is 6.39. The molecule has 4 heteroatoms. The van der Waals surface area contributed by atoms with E-state index in [4.69, 9.17) is 5.11 Å². The number of hydrogen-bond donors (Lipinski definition) is 1. The third kappa shape index (κ3) is 4.09. The second-order valence-electron chi connectivity index (χ2n) is 5.15. The number of carbonyl (C=O) groups is 2. The largest absolute Gasteiger partial charge is 0.481 e. The lowest BCUT2D eigenvalue weighted by Crippen LogP contribution is -2.34. The fourth-order valence-electron chi connectivity index (χ4n) is 1.80. The van der Waals surface area contributed by atoms with Gasteiger partial charge in [-0.15, -0.1) is 0 Å². The number of benzene rings is 1. The van der Waals surface area contributed by atoms with Gasteiger partial charge in [0.15, 0.2) is 0 Å². The maximum Gasteiger partial charge on any atom is 0.315 e. The van der Waals surface area contributed by atoms with E-state index in [0.29, 0.717) is 12.5 Å². The SMILES string of the molecule is CC(C(=O)O)C(=O)N(C)Cc1ccc(C(C)C)cc1. The standard InChI is InChI=1S/C15H21NO3/c1-10(2)13-7-5-12(6-8-13)9-16(4)14(17)11(3)15(18)19/h5-8,10-11H,9H2,1-4H3,(H,18,19). The van der Waals surface area contributed by atoms with Crippen molar-refractivity contribution >= 4 is 11.9 Å². The van der Waals surface area contributed by atoms with Crippen LogP contribution in [-0.2, 0) is 16.1 Å². The molecule has 1 N–H and O–H groups in total. The lowest BCUT2D eigenvalue weighted by molar-refractivity contribution is -0.149. The molecule has 19 heavy (non-hydrogen) atoms. The van der Waals surface area contributed by atoms with Gasteiger partial charge in [-0.05, 0) is 24.0 Å². The van der Waals surface area contributed by atoms with E-state index < -0.39 is 11.9 Å². The van der Waals surface area contributed by atoms with Crippen molar-refractivity contribution in [3.8, 4) is 0 Å². The normalized spacial score (nSPS) is 12.3. The van der Waals surface area contributed by atoms with Crippen LogP contribution < -0.4 is 0 Å². The highest BCUT2D eigenvalue weighted by molar-refractivity contribution is 5.96. The van der Waals surface area contributed by atoms with Gasteiger partial charge in [-0.25, -0.2) is 0 Å². The van der Waals surface area contributed by atoms with Crippen LogP contribution >= 0.6 is 0 Å². The number of nitrogens with zero attached hydrogens (tertiary/aromatic N) is 1. The molecule has 0 fully saturated rings. The third-order valence-corrected chi connectivity index (χ3v) is 3.18. The fourth-order valence-corrected chi connectivity index (χ4v) is 1.80. The van der Waals surface area contributed by atoms with Gasteiger partial charge in [-0.1, -0.05) is 38.1 Å². The van der Waals surface area contributed by atoms with Crippen LogP contribution in [-0.4, -0.2) is 28.9 Å². The topological polar surface area (TPSA) is 57.6 Å². The van der Waals surface area contributed by atoms with Gasteiger partial charge in [0.05, 0.1) is 0 Å². The molecule has 1 rings (SSSR count). The molecule has 1 aromatic carbocycles. The highest BCUT2D eigenvalue weighted by atomic mass is 16.4. The van der Waals surface area contributed by atoms with Gasteiger partial charge in [-0.3, -0.25) is 9.59 Å². The van der Waals surface area contributed by atoms with Gasteiger partial charge in [-0.2, -0.15) is 0 Å². The average Bonchev–Trinajstić information content (AvgIpc) is 2.37. The highest BCUT2D eigenvalue weighted by Crippen LogP contribution is 2.15. The lowest BCUT2D eigenvalue weighted by atomic mass is 10.0. The van der Waals surface area contributed by atoms with Crippen molar-refractivity contribution in [2.75, 3.05) is 7.05 Å². The zero-order valence-electron chi connectivity index (χ0n) is 11.9. The summed E-state index contributed by atoms with van der Waals surface area (Å²) in [4.78, 5) is 24.0. The molecular formula is C15H21NO3. The maximum atomic E-state index is 11.8. The zero-order valence-corrected chi connectivity index (χ0v) is 11.9. The molecule has 1 unspecified atom stereocenters. The average molecular weight is 263 g/mol. The van der Waals surface area contributed by atoms with E-state index in [0.717, 1.165) is 5.56 Å². The van der Waals surface area contributed by atoms with Crippen LogP contribution in [0.5, 0.6) is 0 Å². The Labute approximate surface area is 114 Å². The van der Waals surface area contributed by atoms with Crippen LogP contribution in [0.4, 0.5) is 0 Å². The molecule has 1 amide bonds. The third-order valence-electron chi connectivity index (χ3n) is 3.18. The first-order valence-electron chi connectivity index (χ1n) is 6.39. The molecule has 0 heterocycles. The Morgan fingerprint density at radius 1 is 1.16 bits per heavy atom. The van der Waals surface area contributed by atoms with Gasteiger partial charge in [0.25, 0.3) is 0 Å². The van der Waals surface area contributed by atoms with Crippen LogP contribution in [0, 0.1) is 5.92 Å². The molecule has 104 valence electrons. The molecule has 0 aliphatic carbocycles. The summed E-state index contributed by atoms with van der Waals surface area (Å²) in [6.07, 6.45) is 0. The Balaban J connectivity index is 2.69. The Kier molecular flexibility index (Phi) is 5.10. The number of hydrogen-bond acceptors (Lipinski definition) is 2. The first-order chi connectivity index (χ1) is 8.82. The molecule has 0 radical (unpaired) electrons. The summed E-state index contributed by atoms with van der Waals surface area (Å²) in [5.74, 6) is -1.99. The Morgan fingerprint density at radius 3 is 2.11 bits per heavy atom. The molecule has 1 aromatic rings. The quantitative estimate of drug-likeness (QED) is 0.830. The zero-order chi connectivity index (χ0) is 14.6. The lowest BCUT2D eigenvalue weighted by Gasteiger charge is -2.19. The highest BCUT2D eigenvalue weighted by Gasteiger charge is 2.23. The molecule has 1 atom stereocenters. The van der Waals surface area contributed by atoms with Crippen LogP contribution in [0.2, 0.25) is 0 Å². The van der Waals surface area contributed by atoms with E-state index in [2.05, 4.69) is 13.8 Å². The number of carbonyl (C=O) groups excluding carboxylic acids is 1. The van der Waals surface area contributed by atoms with Gasteiger partial charge in [0.2, 0.25) is 5.91 Å². The smallest absolute Gasteiger partial charge is 0.315 e. The monoisotopic (exact) mass is 263 g/mol. The number of carboxylic acids is 1. The molecule has 4 nitrogen and oxygen atoms in total. The Morgan fingerprint density at radius 2 is 1.68 bits per heavy atom. The number of rotatable bonds is 5. The molecule has 0 aromatic heterocycles. The molecule has 0 saturated heterocycles. The first kappa shape index (κ1) is 15.2. The Hall–Kier alpha value is -1.84. The van der Waals surface area contributed by atoms with E-state index in [1.165, 1.54) is 17.4 Å². The minimum absolute atomic E-state index is 0.375. The van der Waals surface area contributed by atoms with Gasteiger partial charge >= 0.3 is 5.97 Å². The summed E-state index contributed by atoms with van der Waals surface area (Å²) in [7, 11) is 1.62. The number of carboxylic acid groups (broad SMARTS) is 1. The number of aliphatic carboxylic acids is 1. The van der Waals surface area contributed by atoms with E-state index in [1.807, 2.05) is 24.3 Å². The second-order valence-corrected chi connectivity index (χ2v) is 5.15. The predicted octanol–water partition coefficient (Wildman–Crippen LogP) is 2.49. The molecule has 0 saturated carbocycles. The minimum atomic E-state index is -1.09. The van der Waals surface area contributed by atoms with E-state index >= 15 is 0 Å². The van der Waals surface area contributed by atoms with Crippen molar-refractivity contribution in [2.45, 2.75) is 33.2 Å². The van der Waals surface area contributed by atoms with Crippen LogP contribution in [0.25, 0.3) is 0 Å². The van der Waals surface area contributed by atoms with Gasteiger partial charge in [0.1, 0.15) is 5.92 Å². The summed E-state index contributed by atoms with van der Waals surface area (Å²) < 4.78 is 0. The van der Waals surface area contributed by atoms with Gasteiger partial charge in [0, 0.05) is 13.6 Å². The minimum Gasteiger partial charge on any atom is -0.481 e. The molecule has 0 aliphatic heterocycles. The molecular weight excluding hydrogens is 242 g/mol. The molecule has 0 spiro atoms. The van der Waals surface area contributed by atoms with Crippen molar-refractivity contribution in [3.63, 3.8) is 0 Å². The summed E-state index contributed by atoms with van der Waals surface area (Å²) in [6.45, 7) is 6.08. The van der Waals surface area contributed by atoms with Crippen LogP contribution in [0.1, 0.15) is 37.8 Å². The van der Waals surface area contributed by atoms with Crippen molar-refractivity contribution < 1.29 is 14.7 Å².